The van der Waals surface area contributed by atoms with Crippen molar-refractivity contribution >= 4 is 11.6 Å². The van der Waals surface area contributed by atoms with E-state index in [0.717, 1.165) is 25.8 Å². The molecule has 0 amide bonds. The number of piperidine rings is 1. The Bertz CT molecular complexity index is 1260. The molecule has 7 heteroatoms. The zero-order chi connectivity index (χ0) is 28.6. The molecule has 0 saturated carbocycles. The van der Waals surface area contributed by atoms with Crippen LogP contribution >= 0.6 is 0 Å². The van der Waals surface area contributed by atoms with Crippen LogP contribution in [0, 0.1) is 24.6 Å². The first-order chi connectivity index (χ1) is 19.4. The van der Waals surface area contributed by atoms with Gasteiger partial charge in [0.1, 0.15) is 17.3 Å². The fourth-order valence-electron chi connectivity index (χ4n) is 5.87. The minimum atomic E-state index is -0.560. The highest BCUT2D eigenvalue weighted by molar-refractivity contribution is 6.02. The second-order valence-corrected chi connectivity index (χ2v) is 10.5. The summed E-state index contributed by atoms with van der Waals surface area (Å²) in [7, 11) is 3.13. The number of Topliss-reactive ketones (excluding diaryl/α,β-unsaturated/α-hetero) is 2. The van der Waals surface area contributed by atoms with Crippen LogP contribution in [0.2, 0.25) is 0 Å². The maximum atomic E-state index is 14.9. The number of rotatable bonds is 12. The van der Waals surface area contributed by atoms with E-state index < -0.39 is 17.8 Å². The van der Waals surface area contributed by atoms with Crippen molar-refractivity contribution in [2.45, 2.75) is 32.1 Å². The summed E-state index contributed by atoms with van der Waals surface area (Å²) in [6, 6.07) is 19.1. The molecule has 0 aliphatic carbocycles. The molecule has 3 aromatic carbocycles. The van der Waals surface area contributed by atoms with Gasteiger partial charge in [-0.3, -0.25) is 9.59 Å². The van der Waals surface area contributed by atoms with Gasteiger partial charge in [-0.25, -0.2) is 4.39 Å². The van der Waals surface area contributed by atoms with Crippen molar-refractivity contribution in [3.63, 3.8) is 0 Å². The van der Waals surface area contributed by atoms with Crippen molar-refractivity contribution in [1.29, 1.82) is 0 Å². The maximum absolute atomic E-state index is 14.9. The van der Waals surface area contributed by atoms with E-state index in [0.29, 0.717) is 53.4 Å². The Kier molecular flexibility index (Phi) is 10.1. The minimum Gasteiger partial charge on any atom is -0.497 e. The molecule has 4 rings (SSSR count). The first-order valence-electron chi connectivity index (χ1n) is 13.9. The van der Waals surface area contributed by atoms with Crippen molar-refractivity contribution in [1.82, 2.24) is 4.90 Å². The van der Waals surface area contributed by atoms with Gasteiger partial charge in [0.05, 0.1) is 14.2 Å². The van der Waals surface area contributed by atoms with Gasteiger partial charge in [0.15, 0.2) is 11.6 Å². The molecular weight excluding hydrogens is 507 g/mol. The average molecular weight is 547 g/mol. The molecular formula is C33H39FN2O4. The number of benzene rings is 3. The number of carbonyl (C=O) groups is 2. The van der Waals surface area contributed by atoms with Gasteiger partial charge >= 0.3 is 0 Å². The number of nitrogens with two attached hydrogens (primary N) is 1. The third kappa shape index (κ3) is 6.60. The van der Waals surface area contributed by atoms with E-state index in [4.69, 9.17) is 15.2 Å². The third-order valence-electron chi connectivity index (χ3n) is 8.01. The number of halogens is 1. The molecule has 1 fully saturated rings. The number of carbonyl (C=O) groups excluding carboxylic acids is 2. The predicted octanol–water partition coefficient (Wildman–Crippen LogP) is 5.68. The molecule has 1 heterocycles. The van der Waals surface area contributed by atoms with Crippen molar-refractivity contribution < 1.29 is 23.5 Å². The summed E-state index contributed by atoms with van der Waals surface area (Å²) in [6.45, 7) is 4.06. The summed E-state index contributed by atoms with van der Waals surface area (Å²) in [5.41, 5.74) is 7.90. The normalized spacial score (nSPS) is 17.9. The van der Waals surface area contributed by atoms with Crippen LogP contribution in [0.5, 0.6) is 11.5 Å². The molecule has 2 atom stereocenters. The molecule has 2 N–H and O–H groups in total. The Morgan fingerprint density at radius 2 is 1.40 bits per heavy atom. The van der Waals surface area contributed by atoms with Gasteiger partial charge in [-0.05, 0) is 74.3 Å². The molecule has 3 aromatic rings. The number of ketones is 2. The van der Waals surface area contributed by atoms with E-state index in [1.165, 1.54) is 6.07 Å². The minimum absolute atomic E-state index is 0.0809. The SMILES string of the molecule is COc1cccc(C(=O)[C@H]2CN(CCCCCN)C[C@H](C(=O)c3cccc(OC)c3)C2c2cccc(F)c2C)c1. The number of likely N-dealkylation sites (tertiary alicyclic amines) is 1. The highest BCUT2D eigenvalue weighted by Gasteiger charge is 2.45. The summed E-state index contributed by atoms with van der Waals surface area (Å²) < 4.78 is 25.7. The molecule has 40 heavy (non-hydrogen) atoms. The molecule has 0 unspecified atom stereocenters. The second-order valence-electron chi connectivity index (χ2n) is 10.5. The summed E-state index contributed by atoms with van der Waals surface area (Å²) in [6.07, 6.45) is 2.82. The summed E-state index contributed by atoms with van der Waals surface area (Å²) in [5.74, 6) is -0.961. The Labute approximate surface area is 236 Å². The maximum Gasteiger partial charge on any atom is 0.167 e. The van der Waals surface area contributed by atoms with Crippen LogP contribution in [0.4, 0.5) is 4.39 Å². The van der Waals surface area contributed by atoms with Crippen molar-refractivity contribution in [2.75, 3.05) is 40.4 Å². The quantitative estimate of drug-likeness (QED) is 0.233. The number of hydrogen-bond acceptors (Lipinski definition) is 6. The summed E-state index contributed by atoms with van der Waals surface area (Å²) in [5, 5.41) is 0. The third-order valence-corrected chi connectivity index (χ3v) is 8.01. The fraction of sp³-hybridized carbons (Fsp3) is 0.394. The van der Waals surface area contributed by atoms with Crippen molar-refractivity contribution in [2.24, 2.45) is 17.6 Å². The molecule has 1 aliphatic heterocycles. The lowest BCUT2D eigenvalue weighted by Gasteiger charge is -2.43. The van der Waals surface area contributed by atoms with Crippen LogP contribution in [0.25, 0.3) is 0 Å². The van der Waals surface area contributed by atoms with Gasteiger partial charge in [0, 0.05) is 42.0 Å². The number of unbranched alkanes of at least 4 members (excludes halogenated alkanes) is 2. The highest BCUT2D eigenvalue weighted by Crippen LogP contribution is 2.43. The molecule has 0 spiro atoms. The Hall–Kier alpha value is -3.55. The van der Waals surface area contributed by atoms with Crippen molar-refractivity contribution in [3.05, 3.63) is 94.8 Å². The topological polar surface area (TPSA) is 81.9 Å². The Balaban J connectivity index is 1.81. The standard InChI is InChI=1S/C33H39FN2O4/c1-22-27(14-9-15-30(22)34)31-28(32(37)23-10-7-12-25(18-23)39-2)20-36(17-6-4-5-16-35)21-29(31)33(38)24-11-8-13-26(19-24)40-3/h7-15,18-19,28-29,31H,4-6,16-17,20-21,35H2,1-3H3/t28-,29-/m0/s1. The van der Waals surface area contributed by atoms with Crippen LogP contribution < -0.4 is 15.2 Å². The second kappa shape index (κ2) is 13.7. The lowest BCUT2D eigenvalue weighted by atomic mass is 9.67. The zero-order valence-corrected chi connectivity index (χ0v) is 23.6. The zero-order valence-electron chi connectivity index (χ0n) is 23.6. The van der Waals surface area contributed by atoms with Crippen LogP contribution in [0.1, 0.15) is 57.0 Å². The van der Waals surface area contributed by atoms with E-state index in [9.17, 15) is 14.0 Å². The lowest BCUT2D eigenvalue weighted by Crippen LogP contribution is -2.50. The monoisotopic (exact) mass is 546 g/mol. The van der Waals surface area contributed by atoms with Crippen molar-refractivity contribution in [3.8, 4) is 11.5 Å². The summed E-state index contributed by atoms with van der Waals surface area (Å²) >= 11 is 0. The van der Waals surface area contributed by atoms with Crippen LogP contribution in [0.15, 0.2) is 66.7 Å². The lowest BCUT2D eigenvalue weighted by molar-refractivity contribution is 0.0568. The molecule has 0 radical (unpaired) electrons. The van der Waals surface area contributed by atoms with E-state index in [2.05, 4.69) is 4.90 Å². The van der Waals surface area contributed by atoms with E-state index in [1.807, 2.05) is 6.07 Å². The number of ether oxygens (including phenoxy) is 2. The number of nitrogens with zero attached hydrogens (tertiary/aromatic N) is 1. The number of hydrogen-bond donors (Lipinski definition) is 1. The molecule has 1 saturated heterocycles. The van der Waals surface area contributed by atoms with E-state index >= 15 is 0 Å². The van der Waals surface area contributed by atoms with Gasteiger partial charge in [-0.15, -0.1) is 0 Å². The molecule has 0 bridgehead atoms. The molecule has 212 valence electrons. The molecule has 0 aromatic heterocycles. The summed E-state index contributed by atoms with van der Waals surface area (Å²) in [4.78, 5) is 30.7. The van der Waals surface area contributed by atoms with Gasteiger partial charge in [-0.2, -0.15) is 0 Å². The van der Waals surface area contributed by atoms with Gasteiger partial charge in [-0.1, -0.05) is 42.8 Å². The number of methoxy groups -OCH3 is 2. The van der Waals surface area contributed by atoms with Crippen LogP contribution in [0.3, 0.4) is 0 Å². The van der Waals surface area contributed by atoms with Crippen LogP contribution in [-0.2, 0) is 0 Å². The molecule has 6 nitrogen and oxygen atoms in total. The first kappa shape index (κ1) is 29.4. The highest BCUT2D eigenvalue weighted by atomic mass is 19.1. The molecule has 1 aliphatic rings. The largest absolute Gasteiger partial charge is 0.497 e. The Morgan fingerprint density at radius 1 is 0.850 bits per heavy atom. The van der Waals surface area contributed by atoms with Gasteiger partial charge in [0.2, 0.25) is 0 Å². The fourth-order valence-corrected chi connectivity index (χ4v) is 5.87. The van der Waals surface area contributed by atoms with Gasteiger partial charge in [0.25, 0.3) is 0 Å². The van der Waals surface area contributed by atoms with E-state index in [1.54, 1.807) is 75.7 Å². The Morgan fingerprint density at radius 3 is 1.93 bits per heavy atom. The predicted molar refractivity (Wildman–Crippen MR) is 155 cm³/mol. The van der Waals surface area contributed by atoms with E-state index in [-0.39, 0.29) is 17.4 Å². The average Bonchev–Trinajstić information content (AvgIpc) is 2.99. The van der Waals surface area contributed by atoms with Crippen LogP contribution in [-0.4, -0.2) is 56.9 Å². The smallest absolute Gasteiger partial charge is 0.167 e. The van der Waals surface area contributed by atoms with Gasteiger partial charge < -0.3 is 20.1 Å². The first-order valence-corrected chi connectivity index (χ1v) is 13.9.